The smallest absolute Gasteiger partial charge is 0.315 e. The van der Waals surface area contributed by atoms with E-state index in [1.54, 1.807) is 29.2 Å². The molecule has 3 amide bonds. The van der Waals surface area contributed by atoms with Crippen LogP contribution < -0.4 is 10.6 Å². The largest absolute Gasteiger partial charge is 0.336 e. The van der Waals surface area contributed by atoms with E-state index in [-0.39, 0.29) is 54.1 Å². The maximum atomic E-state index is 13.4. The van der Waals surface area contributed by atoms with Gasteiger partial charge in [-0.15, -0.1) is 0 Å². The molecule has 0 unspecified atom stereocenters. The lowest BCUT2D eigenvalue weighted by atomic mass is 10.1. The van der Waals surface area contributed by atoms with Crippen molar-refractivity contribution in [3.63, 3.8) is 0 Å². The third-order valence-electron chi connectivity index (χ3n) is 5.13. The molecule has 0 aliphatic carbocycles. The normalized spacial score (nSPS) is 14.9. The van der Waals surface area contributed by atoms with Crippen LogP contribution in [0.5, 0.6) is 0 Å². The Morgan fingerprint density at radius 3 is 2.27 bits per heavy atom. The van der Waals surface area contributed by atoms with Gasteiger partial charge in [-0.25, -0.2) is 17.6 Å². The fraction of sp³-hybridized carbons (Fsp3) is 0.364. The van der Waals surface area contributed by atoms with Gasteiger partial charge in [0.05, 0.1) is 9.92 Å². The molecule has 1 heterocycles. The van der Waals surface area contributed by atoms with E-state index in [4.69, 9.17) is 11.6 Å². The van der Waals surface area contributed by atoms with Crippen molar-refractivity contribution in [2.24, 2.45) is 0 Å². The van der Waals surface area contributed by atoms with Gasteiger partial charge in [0.15, 0.2) is 0 Å². The number of benzene rings is 2. The van der Waals surface area contributed by atoms with Crippen molar-refractivity contribution in [3.8, 4) is 0 Å². The SMILES string of the molecule is CC(C)NC(=O)NCc1ccc(C(=O)N2CCN(S(=O)(=O)c3ccc(F)c(Cl)c3)CC2)cc1. The van der Waals surface area contributed by atoms with Gasteiger partial charge in [-0.05, 0) is 49.7 Å². The van der Waals surface area contributed by atoms with E-state index in [1.807, 2.05) is 13.8 Å². The standard InChI is InChI=1S/C22H26ClFN4O4S/c1-15(2)26-22(30)25-14-16-3-5-17(6-4-16)21(29)27-9-11-28(12-10-27)33(31,32)18-7-8-20(24)19(23)13-18/h3-8,13,15H,9-12,14H2,1-2H3,(H2,25,26,30). The molecule has 3 rings (SSSR count). The molecule has 0 aromatic heterocycles. The fourth-order valence-electron chi connectivity index (χ4n) is 3.36. The van der Waals surface area contributed by atoms with Crippen LogP contribution in [0.3, 0.4) is 0 Å². The first kappa shape index (κ1) is 24.9. The van der Waals surface area contributed by atoms with Crippen molar-refractivity contribution in [2.45, 2.75) is 31.3 Å². The fourth-order valence-corrected chi connectivity index (χ4v) is 5.06. The molecule has 1 aliphatic heterocycles. The molecule has 2 aromatic carbocycles. The summed E-state index contributed by atoms with van der Waals surface area (Å²) in [5.74, 6) is -0.888. The molecule has 0 atom stereocenters. The number of urea groups is 1. The number of nitrogens with one attached hydrogen (secondary N) is 2. The van der Waals surface area contributed by atoms with Crippen molar-refractivity contribution in [1.29, 1.82) is 0 Å². The summed E-state index contributed by atoms with van der Waals surface area (Å²) in [5.41, 5.74) is 1.33. The van der Waals surface area contributed by atoms with Gasteiger partial charge in [-0.2, -0.15) is 4.31 Å². The summed E-state index contributed by atoms with van der Waals surface area (Å²) in [6.45, 7) is 4.77. The van der Waals surface area contributed by atoms with Gasteiger partial charge in [0.1, 0.15) is 5.82 Å². The molecule has 2 N–H and O–H groups in total. The summed E-state index contributed by atoms with van der Waals surface area (Å²) in [4.78, 5) is 26.0. The lowest BCUT2D eigenvalue weighted by Crippen LogP contribution is -2.50. The number of carbonyl (C=O) groups excluding carboxylic acids is 2. The van der Waals surface area contributed by atoms with Crippen LogP contribution >= 0.6 is 11.6 Å². The van der Waals surface area contributed by atoms with Gasteiger partial charge in [0, 0.05) is 44.3 Å². The molecule has 11 heteroatoms. The molecule has 8 nitrogen and oxygen atoms in total. The van der Waals surface area contributed by atoms with Crippen LogP contribution in [0.2, 0.25) is 5.02 Å². The molecule has 0 spiro atoms. The molecule has 1 fully saturated rings. The molecule has 2 aromatic rings. The summed E-state index contributed by atoms with van der Waals surface area (Å²) < 4.78 is 40.3. The Hall–Kier alpha value is -2.69. The van der Waals surface area contributed by atoms with Crippen molar-refractivity contribution in [1.82, 2.24) is 19.8 Å². The minimum absolute atomic E-state index is 0.0361. The zero-order valence-electron chi connectivity index (χ0n) is 18.3. The Kier molecular flexibility index (Phi) is 7.93. The monoisotopic (exact) mass is 496 g/mol. The van der Waals surface area contributed by atoms with Gasteiger partial charge in [-0.1, -0.05) is 23.7 Å². The van der Waals surface area contributed by atoms with Gasteiger partial charge < -0.3 is 15.5 Å². The summed E-state index contributed by atoms with van der Waals surface area (Å²) in [5, 5.41) is 5.22. The Bertz CT molecular complexity index is 1120. The average Bonchev–Trinajstić information content (AvgIpc) is 2.79. The highest BCUT2D eigenvalue weighted by molar-refractivity contribution is 7.89. The lowest BCUT2D eigenvalue weighted by molar-refractivity contribution is 0.0698. The highest BCUT2D eigenvalue weighted by atomic mass is 35.5. The van der Waals surface area contributed by atoms with E-state index in [0.29, 0.717) is 12.1 Å². The number of sulfonamides is 1. The van der Waals surface area contributed by atoms with Crippen molar-refractivity contribution < 1.29 is 22.4 Å². The Morgan fingerprint density at radius 1 is 1.06 bits per heavy atom. The van der Waals surface area contributed by atoms with E-state index in [0.717, 1.165) is 17.7 Å². The molecular weight excluding hydrogens is 471 g/mol. The van der Waals surface area contributed by atoms with Crippen LogP contribution in [0.4, 0.5) is 9.18 Å². The minimum atomic E-state index is -3.84. The number of amides is 3. The quantitative estimate of drug-likeness (QED) is 0.642. The molecule has 33 heavy (non-hydrogen) atoms. The Morgan fingerprint density at radius 2 is 1.70 bits per heavy atom. The first-order valence-electron chi connectivity index (χ1n) is 10.5. The van der Waals surface area contributed by atoms with E-state index in [9.17, 15) is 22.4 Å². The second-order valence-corrected chi connectivity index (χ2v) is 10.3. The number of nitrogens with zero attached hydrogens (tertiary/aromatic N) is 2. The molecule has 1 aliphatic rings. The van der Waals surface area contributed by atoms with Crippen molar-refractivity contribution in [3.05, 3.63) is 64.4 Å². The topological polar surface area (TPSA) is 98.8 Å². The maximum Gasteiger partial charge on any atom is 0.315 e. The number of hydrogen-bond donors (Lipinski definition) is 2. The second kappa shape index (κ2) is 10.5. The van der Waals surface area contributed by atoms with Crippen LogP contribution in [0.15, 0.2) is 47.4 Å². The van der Waals surface area contributed by atoms with E-state index < -0.39 is 15.8 Å². The van der Waals surface area contributed by atoms with E-state index >= 15 is 0 Å². The summed E-state index contributed by atoms with van der Waals surface area (Å²) in [7, 11) is -3.84. The molecular formula is C22H26ClFN4O4S. The van der Waals surface area contributed by atoms with Crippen LogP contribution in [0.1, 0.15) is 29.8 Å². The van der Waals surface area contributed by atoms with Crippen LogP contribution in [0, 0.1) is 5.82 Å². The summed E-state index contributed by atoms with van der Waals surface area (Å²) >= 11 is 5.72. The van der Waals surface area contributed by atoms with Crippen LogP contribution in [0.25, 0.3) is 0 Å². The average molecular weight is 497 g/mol. The van der Waals surface area contributed by atoms with Gasteiger partial charge >= 0.3 is 6.03 Å². The molecule has 0 radical (unpaired) electrons. The number of rotatable bonds is 6. The van der Waals surface area contributed by atoms with E-state index in [2.05, 4.69) is 10.6 Å². The third-order valence-corrected chi connectivity index (χ3v) is 7.31. The summed E-state index contributed by atoms with van der Waals surface area (Å²) in [6.07, 6.45) is 0. The highest BCUT2D eigenvalue weighted by Crippen LogP contribution is 2.23. The lowest BCUT2D eigenvalue weighted by Gasteiger charge is -2.34. The summed E-state index contributed by atoms with van der Waals surface area (Å²) in [6, 6.07) is 9.96. The maximum absolute atomic E-state index is 13.4. The second-order valence-electron chi connectivity index (χ2n) is 7.95. The Labute approximate surface area is 197 Å². The molecule has 0 bridgehead atoms. The first-order valence-corrected chi connectivity index (χ1v) is 12.3. The number of halogens is 2. The van der Waals surface area contributed by atoms with Crippen LogP contribution in [-0.2, 0) is 16.6 Å². The number of carbonyl (C=O) groups is 2. The van der Waals surface area contributed by atoms with Gasteiger partial charge in [0.25, 0.3) is 5.91 Å². The third kappa shape index (κ3) is 6.21. The molecule has 178 valence electrons. The van der Waals surface area contributed by atoms with Crippen molar-refractivity contribution in [2.75, 3.05) is 26.2 Å². The predicted octanol–water partition coefficient (Wildman–Crippen LogP) is 2.83. The molecule has 0 saturated carbocycles. The van der Waals surface area contributed by atoms with Crippen LogP contribution in [-0.4, -0.2) is 61.8 Å². The predicted molar refractivity (Wildman–Crippen MR) is 123 cm³/mol. The minimum Gasteiger partial charge on any atom is -0.336 e. The first-order chi connectivity index (χ1) is 15.6. The highest BCUT2D eigenvalue weighted by Gasteiger charge is 2.30. The van der Waals surface area contributed by atoms with Gasteiger partial charge in [0.2, 0.25) is 10.0 Å². The van der Waals surface area contributed by atoms with E-state index in [1.165, 1.54) is 10.4 Å². The number of hydrogen-bond acceptors (Lipinski definition) is 4. The Balaban J connectivity index is 1.56. The zero-order chi connectivity index (χ0) is 24.2. The molecule has 1 saturated heterocycles. The zero-order valence-corrected chi connectivity index (χ0v) is 19.9. The van der Waals surface area contributed by atoms with Crippen molar-refractivity contribution >= 4 is 33.6 Å². The number of piperazine rings is 1. The van der Waals surface area contributed by atoms with Gasteiger partial charge in [-0.3, -0.25) is 4.79 Å².